The number of hydrogen-bond acceptors (Lipinski definition) is 2. The summed E-state index contributed by atoms with van der Waals surface area (Å²) in [6.07, 6.45) is 2.31. The van der Waals surface area contributed by atoms with Gasteiger partial charge in [-0.25, -0.2) is 0 Å². The first-order valence-corrected chi connectivity index (χ1v) is 5.56. The SMILES string of the molecule is CSC(=O)Cc1ccccc1Br. The van der Waals surface area contributed by atoms with Crippen molar-refractivity contribution in [2.75, 3.05) is 6.26 Å². The van der Waals surface area contributed by atoms with Crippen LogP contribution in [0.15, 0.2) is 28.7 Å². The maximum atomic E-state index is 11.1. The largest absolute Gasteiger partial charge is 0.287 e. The third-order valence-electron chi connectivity index (χ3n) is 1.52. The van der Waals surface area contributed by atoms with Gasteiger partial charge in [0, 0.05) is 10.9 Å². The zero-order chi connectivity index (χ0) is 8.97. The van der Waals surface area contributed by atoms with E-state index in [4.69, 9.17) is 0 Å². The van der Waals surface area contributed by atoms with Gasteiger partial charge in [-0.2, -0.15) is 0 Å². The van der Waals surface area contributed by atoms with E-state index >= 15 is 0 Å². The summed E-state index contributed by atoms with van der Waals surface area (Å²) in [4.78, 5) is 11.1. The molecule has 0 N–H and O–H groups in total. The summed E-state index contributed by atoms with van der Waals surface area (Å²) in [5.74, 6) is 0. The van der Waals surface area contributed by atoms with Crippen LogP contribution >= 0.6 is 27.7 Å². The summed E-state index contributed by atoms with van der Waals surface area (Å²) in [6.45, 7) is 0. The van der Waals surface area contributed by atoms with Crippen molar-refractivity contribution in [3.8, 4) is 0 Å². The van der Waals surface area contributed by atoms with Crippen LogP contribution < -0.4 is 0 Å². The van der Waals surface area contributed by atoms with Crippen LogP contribution in [0.25, 0.3) is 0 Å². The molecule has 0 heterocycles. The van der Waals surface area contributed by atoms with Crippen molar-refractivity contribution < 1.29 is 4.79 Å². The smallest absolute Gasteiger partial charge is 0.193 e. The van der Waals surface area contributed by atoms with Crippen molar-refractivity contribution in [1.29, 1.82) is 0 Å². The van der Waals surface area contributed by atoms with Crippen LogP contribution in [0.4, 0.5) is 0 Å². The van der Waals surface area contributed by atoms with Crippen LogP contribution in [0.1, 0.15) is 5.56 Å². The van der Waals surface area contributed by atoms with Gasteiger partial charge in [-0.3, -0.25) is 4.79 Å². The van der Waals surface area contributed by atoms with E-state index in [0.29, 0.717) is 6.42 Å². The topological polar surface area (TPSA) is 17.1 Å². The summed E-state index contributed by atoms with van der Waals surface area (Å²) < 4.78 is 1.01. The van der Waals surface area contributed by atoms with Crippen molar-refractivity contribution >= 4 is 32.8 Å². The molecule has 1 aromatic rings. The molecule has 0 unspecified atom stereocenters. The zero-order valence-corrected chi connectivity index (χ0v) is 9.11. The number of thioether (sulfide) groups is 1. The summed E-state index contributed by atoms with van der Waals surface area (Å²) >= 11 is 4.66. The van der Waals surface area contributed by atoms with E-state index in [1.54, 1.807) is 6.26 Å². The second-order valence-corrected chi connectivity index (χ2v) is 4.06. The Hall–Kier alpha value is -0.280. The Morgan fingerprint density at radius 3 is 2.75 bits per heavy atom. The lowest BCUT2D eigenvalue weighted by Crippen LogP contribution is -1.96. The van der Waals surface area contributed by atoms with Crippen molar-refractivity contribution in [2.45, 2.75) is 6.42 Å². The van der Waals surface area contributed by atoms with Crippen molar-refractivity contribution in [1.82, 2.24) is 0 Å². The molecule has 0 radical (unpaired) electrons. The fraction of sp³-hybridized carbons (Fsp3) is 0.222. The highest BCUT2D eigenvalue weighted by molar-refractivity contribution is 9.10. The molecule has 0 bridgehead atoms. The minimum Gasteiger partial charge on any atom is -0.287 e. The van der Waals surface area contributed by atoms with Gasteiger partial charge in [0.1, 0.15) is 0 Å². The van der Waals surface area contributed by atoms with Gasteiger partial charge in [-0.15, -0.1) is 0 Å². The Morgan fingerprint density at radius 1 is 1.50 bits per heavy atom. The number of halogens is 1. The molecule has 0 saturated carbocycles. The fourth-order valence-corrected chi connectivity index (χ4v) is 1.59. The molecule has 0 aliphatic carbocycles. The van der Waals surface area contributed by atoms with Gasteiger partial charge in [0.25, 0.3) is 0 Å². The molecule has 0 aliphatic heterocycles. The minimum absolute atomic E-state index is 0.196. The highest BCUT2D eigenvalue weighted by Gasteiger charge is 2.03. The number of rotatable bonds is 2. The van der Waals surface area contributed by atoms with E-state index in [9.17, 15) is 4.79 Å². The van der Waals surface area contributed by atoms with Gasteiger partial charge in [-0.05, 0) is 17.9 Å². The lowest BCUT2D eigenvalue weighted by molar-refractivity contribution is -0.110. The van der Waals surface area contributed by atoms with E-state index in [0.717, 1.165) is 10.0 Å². The predicted molar refractivity (Wildman–Crippen MR) is 56.4 cm³/mol. The van der Waals surface area contributed by atoms with Gasteiger partial charge >= 0.3 is 0 Å². The standard InChI is InChI=1S/C9H9BrOS/c1-12-9(11)6-7-4-2-3-5-8(7)10/h2-5H,6H2,1H3. The number of benzene rings is 1. The summed E-state index contributed by atoms with van der Waals surface area (Å²) in [5, 5.41) is 0.196. The zero-order valence-electron chi connectivity index (χ0n) is 6.71. The van der Waals surface area contributed by atoms with E-state index < -0.39 is 0 Å². The Labute approximate surface area is 84.7 Å². The Balaban J connectivity index is 2.75. The number of carbonyl (C=O) groups excluding carboxylic acids is 1. The van der Waals surface area contributed by atoms with Crippen LogP contribution in [-0.4, -0.2) is 11.4 Å². The first-order valence-electron chi connectivity index (χ1n) is 3.54. The maximum absolute atomic E-state index is 11.1. The van der Waals surface area contributed by atoms with E-state index in [1.165, 1.54) is 11.8 Å². The third-order valence-corrected chi connectivity index (χ3v) is 2.89. The normalized spacial score (nSPS) is 9.83. The molecule has 1 rings (SSSR count). The lowest BCUT2D eigenvalue weighted by atomic mass is 10.2. The second kappa shape index (κ2) is 4.67. The summed E-state index contributed by atoms with van der Waals surface area (Å²) in [5.41, 5.74) is 1.05. The lowest BCUT2D eigenvalue weighted by Gasteiger charge is -2.00. The average molecular weight is 245 g/mol. The molecule has 1 nitrogen and oxygen atoms in total. The molecule has 0 saturated heterocycles. The van der Waals surface area contributed by atoms with Crippen molar-refractivity contribution in [2.24, 2.45) is 0 Å². The molecule has 0 atom stereocenters. The van der Waals surface area contributed by atoms with Crippen LogP contribution in [0.3, 0.4) is 0 Å². The monoisotopic (exact) mass is 244 g/mol. The molecule has 0 spiro atoms. The van der Waals surface area contributed by atoms with Crippen LogP contribution in [0, 0.1) is 0 Å². The molecular formula is C9H9BrOS. The highest BCUT2D eigenvalue weighted by Crippen LogP contribution is 2.17. The van der Waals surface area contributed by atoms with Crippen LogP contribution in [0.2, 0.25) is 0 Å². The van der Waals surface area contributed by atoms with E-state index in [-0.39, 0.29) is 5.12 Å². The molecular weight excluding hydrogens is 236 g/mol. The molecule has 0 aromatic heterocycles. The maximum Gasteiger partial charge on any atom is 0.193 e. The Morgan fingerprint density at radius 2 is 2.17 bits per heavy atom. The van der Waals surface area contributed by atoms with Gasteiger partial charge in [0.05, 0.1) is 0 Å². The fourth-order valence-electron chi connectivity index (χ4n) is 0.869. The van der Waals surface area contributed by atoms with Gasteiger partial charge in [0.2, 0.25) is 0 Å². The average Bonchev–Trinajstić information content (AvgIpc) is 2.09. The van der Waals surface area contributed by atoms with Gasteiger partial charge < -0.3 is 0 Å². The summed E-state index contributed by atoms with van der Waals surface area (Å²) in [7, 11) is 0. The molecule has 0 amide bonds. The Kier molecular flexibility index (Phi) is 3.82. The quantitative estimate of drug-likeness (QED) is 0.796. The first kappa shape index (κ1) is 9.81. The Bertz CT molecular complexity index is 286. The first-order chi connectivity index (χ1) is 5.74. The highest BCUT2D eigenvalue weighted by atomic mass is 79.9. The van der Waals surface area contributed by atoms with Crippen molar-refractivity contribution in [3.05, 3.63) is 34.3 Å². The van der Waals surface area contributed by atoms with Gasteiger partial charge in [0.15, 0.2) is 5.12 Å². The molecule has 1 aromatic carbocycles. The molecule has 0 fully saturated rings. The number of hydrogen-bond donors (Lipinski definition) is 0. The third kappa shape index (κ3) is 2.64. The van der Waals surface area contributed by atoms with Crippen molar-refractivity contribution in [3.63, 3.8) is 0 Å². The molecule has 0 aliphatic rings. The molecule has 3 heteroatoms. The number of carbonyl (C=O) groups is 1. The second-order valence-electron chi connectivity index (χ2n) is 2.34. The molecule has 12 heavy (non-hydrogen) atoms. The molecule has 64 valence electrons. The summed E-state index contributed by atoms with van der Waals surface area (Å²) in [6, 6.07) is 7.78. The predicted octanol–water partition coefficient (Wildman–Crippen LogP) is 2.88. The van der Waals surface area contributed by atoms with Crippen LogP contribution in [0.5, 0.6) is 0 Å². The minimum atomic E-state index is 0.196. The van der Waals surface area contributed by atoms with E-state index in [2.05, 4.69) is 15.9 Å². The van der Waals surface area contributed by atoms with Gasteiger partial charge in [-0.1, -0.05) is 45.9 Å². The van der Waals surface area contributed by atoms with E-state index in [1.807, 2.05) is 24.3 Å². The van der Waals surface area contributed by atoms with Crippen LogP contribution in [-0.2, 0) is 11.2 Å².